The molecule has 0 fully saturated rings. The van der Waals surface area contributed by atoms with E-state index >= 15 is 0 Å². The van der Waals surface area contributed by atoms with E-state index in [4.69, 9.17) is 4.74 Å². The second kappa shape index (κ2) is 7.72. The van der Waals surface area contributed by atoms with Crippen LogP contribution < -0.4 is 0 Å². The van der Waals surface area contributed by atoms with Gasteiger partial charge in [0.1, 0.15) is 5.69 Å². The van der Waals surface area contributed by atoms with Gasteiger partial charge < -0.3 is 4.74 Å². The van der Waals surface area contributed by atoms with E-state index in [-0.39, 0.29) is 5.92 Å². The first-order chi connectivity index (χ1) is 12.8. The van der Waals surface area contributed by atoms with Gasteiger partial charge in [-0.25, -0.2) is 0 Å². The Balaban J connectivity index is 1.44. The summed E-state index contributed by atoms with van der Waals surface area (Å²) in [4.78, 5) is 10.9. The maximum absolute atomic E-state index is 5.97. The van der Waals surface area contributed by atoms with Gasteiger partial charge in [0, 0.05) is 51.2 Å². The van der Waals surface area contributed by atoms with Crippen molar-refractivity contribution in [2.24, 2.45) is 7.05 Å². The average molecular weight is 350 g/mol. The van der Waals surface area contributed by atoms with Gasteiger partial charge in [-0.05, 0) is 23.8 Å². The molecule has 26 heavy (non-hydrogen) atoms. The molecule has 7 nitrogen and oxygen atoms in total. The number of pyridine rings is 2. The predicted molar refractivity (Wildman–Crippen MR) is 96.0 cm³/mol. The Morgan fingerprint density at radius 1 is 1.19 bits per heavy atom. The highest BCUT2D eigenvalue weighted by Gasteiger charge is 2.30. The van der Waals surface area contributed by atoms with E-state index < -0.39 is 0 Å². The van der Waals surface area contributed by atoms with Crippen LogP contribution in [0.1, 0.15) is 28.6 Å². The molecule has 0 amide bonds. The van der Waals surface area contributed by atoms with Crippen LogP contribution in [-0.2, 0) is 31.5 Å². The molecule has 134 valence electrons. The molecule has 0 radical (unpaired) electrons. The summed E-state index contributed by atoms with van der Waals surface area (Å²) in [6.07, 6.45) is 5.51. The molecular weight excluding hydrogens is 328 g/mol. The molecule has 0 saturated carbocycles. The fourth-order valence-corrected chi connectivity index (χ4v) is 3.49. The van der Waals surface area contributed by atoms with Gasteiger partial charge in [-0.2, -0.15) is 0 Å². The molecule has 0 aromatic carbocycles. The molecule has 1 aliphatic rings. The summed E-state index contributed by atoms with van der Waals surface area (Å²) < 4.78 is 7.85. The van der Waals surface area contributed by atoms with Crippen LogP contribution in [0.4, 0.5) is 0 Å². The lowest BCUT2D eigenvalue weighted by Crippen LogP contribution is -2.36. The van der Waals surface area contributed by atoms with Crippen LogP contribution in [0.15, 0.2) is 48.9 Å². The monoisotopic (exact) mass is 350 g/mol. The summed E-state index contributed by atoms with van der Waals surface area (Å²) in [5, 5.41) is 8.57. The number of ether oxygens (including phenoxy) is 1. The molecule has 0 spiro atoms. The fourth-order valence-electron chi connectivity index (χ4n) is 3.49. The minimum atomic E-state index is 0.235. The van der Waals surface area contributed by atoms with Crippen molar-refractivity contribution in [3.8, 4) is 0 Å². The summed E-state index contributed by atoms with van der Waals surface area (Å²) in [6.45, 7) is 3.69. The molecule has 0 N–H and O–H groups in total. The Kier molecular flexibility index (Phi) is 4.99. The third kappa shape index (κ3) is 3.79. The first-order valence-electron chi connectivity index (χ1n) is 8.77. The topological polar surface area (TPSA) is 69.0 Å². The van der Waals surface area contributed by atoms with E-state index in [1.807, 2.05) is 42.2 Å². The van der Waals surface area contributed by atoms with Crippen LogP contribution in [0, 0.1) is 0 Å². The standard InChI is InChI=1S/C19H22N6O/c1-24-19-16(13-26-14-17-6-2-3-8-21-17)11-25(12-18(19)22-23-24)10-15-5-4-7-20-9-15/h2-9,16H,10-14H2,1H3/t16-/m0/s1. The highest BCUT2D eigenvalue weighted by molar-refractivity contribution is 5.20. The molecule has 4 rings (SSSR count). The lowest BCUT2D eigenvalue weighted by atomic mass is 9.98. The second-order valence-electron chi connectivity index (χ2n) is 6.61. The summed E-state index contributed by atoms with van der Waals surface area (Å²) in [5.74, 6) is 0.235. The van der Waals surface area contributed by atoms with Gasteiger partial charge in [0.05, 0.1) is 24.6 Å². The quantitative estimate of drug-likeness (QED) is 0.677. The van der Waals surface area contributed by atoms with Crippen LogP contribution in [0.5, 0.6) is 0 Å². The number of hydrogen-bond acceptors (Lipinski definition) is 6. The molecule has 1 atom stereocenters. The third-order valence-electron chi connectivity index (χ3n) is 4.61. The lowest BCUT2D eigenvalue weighted by molar-refractivity contribution is 0.0812. The Labute approximate surface area is 152 Å². The van der Waals surface area contributed by atoms with Gasteiger partial charge in [-0.3, -0.25) is 19.5 Å². The van der Waals surface area contributed by atoms with E-state index in [9.17, 15) is 0 Å². The maximum atomic E-state index is 5.97. The molecule has 0 bridgehead atoms. The number of fused-ring (bicyclic) bond motifs is 1. The molecule has 3 aromatic rings. The van der Waals surface area contributed by atoms with E-state index in [2.05, 4.69) is 31.2 Å². The number of nitrogens with zero attached hydrogens (tertiary/aromatic N) is 6. The zero-order chi connectivity index (χ0) is 17.8. The molecule has 0 saturated heterocycles. The Morgan fingerprint density at radius 2 is 2.15 bits per heavy atom. The number of hydrogen-bond donors (Lipinski definition) is 0. The van der Waals surface area contributed by atoms with Gasteiger partial charge in [-0.15, -0.1) is 5.10 Å². The van der Waals surface area contributed by atoms with Gasteiger partial charge in [0.15, 0.2) is 0 Å². The second-order valence-corrected chi connectivity index (χ2v) is 6.61. The summed E-state index contributed by atoms with van der Waals surface area (Å²) >= 11 is 0. The number of aromatic nitrogens is 5. The minimum absolute atomic E-state index is 0.235. The summed E-state index contributed by atoms with van der Waals surface area (Å²) in [6, 6.07) is 9.94. The average Bonchev–Trinajstić information content (AvgIpc) is 3.04. The third-order valence-corrected chi connectivity index (χ3v) is 4.61. The van der Waals surface area contributed by atoms with E-state index in [0.29, 0.717) is 13.2 Å². The van der Waals surface area contributed by atoms with Crippen molar-refractivity contribution in [2.75, 3.05) is 13.2 Å². The normalized spacial score (nSPS) is 17.2. The molecule has 4 heterocycles. The zero-order valence-electron chi connectivity index (χ0n) is 14.8. The van der Waals surface area contributed by atoms with Crippen LogP contribution in [0.25, 0.3) is 0 Å². The van der Waals surface area contributed by atoms with Crippen molar-refractivity contribution in [2.45, 2.75) is 25.6 Å². The van der Waals surface area contributed by atoms with E-state index in [0.717, 1.165) is 31.0 Å². The minimum Gasteiger partial charge on any atom is -0.374 e. The Hall–Kier alpha value is -2.64. The number of rotatable bonds is 6. The highest BCUT2D eigenvalue weighted by Crippen LogP contribution is 2.28. The molecule has 0 aliphatic carbocycles. The van der Waals surface area contributed by atoms with Crippen molar-refractivity contribution in [1.82, 2.24) is 29.9 Å². The molecular formula is C19H22N6O. The van der Waals surface area contributed by atoms with Crippen molar-refractivity contribution >= 4 is 0 Å². The van der Waals surface area contributed by atoms with Crippen molar-refractivity contribution < 1.29 is 4.74 Å². The fraction of sp³-hybridized carbons (Fsp3) is 0.368. The smallest absolute Gasteiger partial charge is 0.100 e. The van der Waals surface area contributed by atoms with Crippen molar-refractivity contribution in [3.05, 3.63) is 71.6 Å². The van der Waals surface area contributed by atoms with Crippen LogP contribution >= 0.6 is 0 Å². The van der Waals surface area contributed by atoms with Gasteiger partial charge in [0.2, 0.25) is 0 Å². The van der Waals surface area contributed by atoms with Crippen LogP contribution in [-0.4, -0.2) is 43.0 Å². The van der Waals surface area contributed by atoms with Crippen LogP contribution in [0.2, 0.25) is 0 Å². The zero-order valence-corrected chi connectivity index (χ0v) is 14.8. The van der Waals surface area contributed by atoms with Gasteiger partial charge in [0.25, 0.3) is 0 Å². The highest BCUT2D eigenvalue weighted by atomic mass is 16.5. The number of aryl methyl sites for hydroxylation is 1. The molecule has 7 heteroatoms. The van der Waals surface area contributed by atoms with Crippen molar-refractivity contribution in [3.63, 3.8) is 0 Å². The van der Waals surface area contributed by atoms with E-state index in [1.54, 1.807) is 12.4 Å². The lowest BCUT2D eigenvalue weighted by Gasteiger charge is -2.32. The first kappa shape index (κ1) is 16.8. The molecule has 0 unspecified atom stereocenters. The maximum Gasteiger partial charge on any atom is 0.100 e. The Bertz CT molecular complexity index is 836. The summed E-state index contributed by atoms with van der Waals surface area (Å²) in [7, 11) is 1.95. The van der Waals surface area contributed by atoms with E-state index in [1.165, 1.54) is 11.3 Å². The summed E-state index contributed by atoms with van der Waals surface area (Å²) in [5.41, 5.74) is 4.36. The van der Waals surface area contributed by atoms with Gasteiger partial charge in [-0.1, -0.05) is 17.3 Å². The van der Waals surface area contributed by atoms with Gasteiger partial charge >= 0.3 is 0 Å². The first-order valence-corrected chi connectivity index (χ1v) is 8.77. The SMILES string of the molecule is Cn1nnc2c1[C@H](COCc1ccccn1)CN(Cc1cccnc1)C2. The largest absolute Gasteiger partial charge is 0.374 e. The van der Waals surface area contributed by atoms with Crippen LogP contribution in [0.3, 0.4) is 0 Å². The van der Waals surface area contributed by atoms with Crippen molar-refractivity contribution in [1.29, 1.82) is 0 Å². The molecule has 1 aliphatic heterocycles. The Morgan fingerprint density at radius 3 is 2.96 bits per heavy atom. The predicted octanol–water partition coefficient (Wildman–Crippen LogP) is 1.92. The molecule has 3 aromatic heterocycles.